The van der Waals surface area contributed by atoms with Gasteiger partial charge < -0.3 is 24.3 Å². The predicted octanol–water partition coefficient (Wildman–Crippen LogP) is 15.0. The number of rotatable bonds is 20. The van der Waals surface area contributed by atoms with Crippen LogP contribution >= 0.6 is 0 Å². The molecule has 0 unspecified atom stereocenters. The minimum atomic E-state index is -0.748. The normalized spacial score (nSPS) is 15.0. The molecule has 1 fully saturated rings. The third-order valence-electron chi connectivity index (χ3n) is 16.9. The van der Waals surface area contributed by atoms with E-state index in [1.54, 1.807) is 0 Å². The second-order valence-corrected chi connectivity index (χ2v) is 21.3. The topological polar surface area (TPSA) is 85.2 Å². The van der Waals surface area contributed by atoms with Crippen LogP contribution in [0.1, 0.15) is 185 Å². The van der Waals surface area contributed by atoms with Gasteiger partial charge in [0.05, 0.1) is 35.9 Å². The Morgan fingerprint density at radius 3 is 1.32 bits per heavy atom. The van der Waals surface area contributed by atoms with Crippen molar-refractivity contribution >= 4 is 30.7 Å². The van der Waals surface area contributed by atoms with Crippen LogP contribution in [0.2, 0.25) is 0 Å². The van der Waals surface area contributed by atoms with E-state index in [0.717, 1.165) is 59.0 Å². The highest BCUT2D eigenvalue weighted by Gasteiger charge is 2.51. The molecule has 0 aromatic heterocycles. The number of carbonyl (C=O) groups is 1. The number of aryl methyl sites for hydroxylation is 2. The molecule has 0 aliphatic carbocycles. The molecule has 6 nitrogen and oxygen atoms in total. The van der Waals surface area contributed by atoms with Gasteiger partial charge in [0.25, 0.3) is 0 Å². The monoisotopic (exact) mass is 975 g/mol. The lowest BCUT2D eigenvalue weighted by molar-refractivity contribution is -0.139. The maximum atomic E-state index is 11.7. The van der Waals surface area contributed by atoms with Crippen LogP contribution in [0.5, 0.6) is 0 Å². The third-order valence-corrected chi connectivity index (χ3v) is 16.9. The molecule has 0 saturated carbocycles. The van der Waals surface area contributed by atoms with Crippen LogP contribution in [0.3, 0.4) is 0 Å². The molecule has 1 aliphatic heterocycles. The van der Waals surface area contributed by atoms with Gasteiger partial charge in [-0.15, -0.1) is 0 Å². The molecular weight excluding hydrogens is 888 g/mol. The predicted molar refractivity (Wildman–Crippen MR) is 304 cm³/mol. The standard InChI is InChI=1S/C34H42O3.C31H45BO3/c1-7-33(36,8-2)21-20-27-14-19-31(22-25(27)5)34(9-3,10-4)30-17-15-28(16-18-30)29-13-11-12-26(23-29)24-32(35)37-6;1-10-30(33,11-2)21-20-24-14-15-26(22-23(24)5)31(12-3,13-4)25-16-18-27(19-17-25)32-34-28(6,7)29(8,9)35-32/h11-23,36H,7-10,24H2,1-6H3;14-22,33H,10-13H2,1-9H3/b2*21-20+. The first kappa shape index (κ1) is 57.9. The lowest BCUT2D eigenvalue weighted by Gasteiger charge is -2.34. The van der Waals surface area contributed by atoms with Gasteiger partial charge in [0.2, 0.25) is 0 Å². The average molecular weight is 975 g/mol. The summed E-state index contributed by atoms with van der Waals surface area (Å²) < 4.78 is 17.3. The van der Waals surface area contributed by atoms with Gasteiger partial charge in [-0.05, 0) is 160 Å². The van der Waals surface area contributed by atoms with Gasteiger partial charge in [-0.3, -0.25) is 4.79 Å². The first-order valence-electron chi connectivity index (χ1n) is 26.9. The van der Waals surface area contributed by atoms with E-state index in [4.69, 9.17) is 14.0 Å². The molecule has 7 heteroatoms. The SMILES string of the molecule is CCC(O)(/C=C/c1ccc(C(CC)(CC)c2ccc(-c3cccc(CC(=O)OC)c3)cc2)cc1C)CC.CCC(O)(/C=C/c1ccc(C(CC)(CC)c2ccc(B3OC(C)(C)C(C)(C)O3)cc2)cc1C)CC. The fraction of sp³-hybridized carbons (Fsp3) is 0.462. The number of ether oxygens (including phenoxy) is 1. The van der Waals surface area contributed by atoms with Gasteiger partial charge in [-0.25, -0.2) is 0 Å². The fourth-order valence-electron chi connectivity index (χ4n) is 10.3. The summed E-state index contributed by atoms with van der Waals surface area (Å²) in [6.07, 6.45) is 15.2. The molecule has 72 heavy (non-hydrogen) atoms. The maximum absolute atomic E-state index is 11.7. The number of aliphatic hydroxyl groups is 2. The van der Waals surface area contributed by atoms with Gasteiger partial charge in [-0.2, -0.15) is 0 Å². The summed E-state index contributed by atoms with van der Waals surface area (Å²) in [6, 6.07) is 39.3. The summed E-state index contributed by atoms with van der Waals surface area (Å²) in [7, 11) is 1.08. The zero-order valence-electron chi connectivity index (χ0n) is 46.7. The highest BCUT2D eigenvalue weighted by atomic mass is 16.7. The molecule has 6 rings (SSSR count). The Hall–Kier alpha value is -5.05. The third kappa shape index (κ3) is 12.8. The molecule has 1 heterocycles. The molecule has 0 bridgehead atoms. The molecule has 5 aromatic rings. The van der Waals surface area contributed by atoms with Crippen molar-refractivity contribution in [3.63, 3.8) is 0 Å². The molecular formula is C65H87BO6. The zero-order valence-corrected chi connectivity index (χ0v) is 46.7. The van der Waals surface area contributed by atoms with E-state index in [9.17, 15) is 15.0 Å². The fourth-order valence-corrected chi connectivity index (χ4v) is 10.3. The Kier molecular flexibility index (Phi) is 19.5. The Morgan fingerprint density at radius 2 is 0.944 bits per heavy atom. The summed E-state index contributed by atoms with van der Waals surface area (Å²) in [5.74, 6) is -0.230. The molecule has 386 valence electrons. The van der Waals surface area contributed by atoms with Crippen molar-refractivity contribution in [3.05, 3.63) is 171 Å². The number of methoxy groups -OCH3 is 1. The Balaban J connectivity index is 0.000000268. The molecule has 1 aliphatic rings. The van der Waals surface area contributed by atoms with E-state index in [1.165, 1.54) is 40.5 Å². The minimum Gasteiger partial charge on any atom is -0.469 e. The van der Waals surface area contributed by atoms with Crippen LogP contribution in [0, 0.1) is 13.8 Å². The van der Waals surface area contributed by atoms with Crippen LogP contribution in [0.4, 0.5) is 0 Å². The van der Waals surface area contributed by atoms with Gasteiger partial charge in [-0.1, -0.05) is 189 Å². The van der Waals surface area contributed by atoms with Crippen molar-refractivity contribution in [2.45, 2.75) is 188 Å². The Morgan fingerprint density at radius 1 is 0.542 bits per heavy atom. The van der Waals surface area contributed by atoms with Crippen LogP contribution in [0.25, 0.3) is 23.3 Å². The largest absolute Gasteiger partial charge is 0.494 e. The van der Waals surface area contributed by atoms with Crippen molar-refractivity contribution in [1.29, 1.82) is 0 Å². The van der Waals surface area contributed by atoms with E-state index in [0.29, 0.717) is 25.7 Å². The molecule has 5 aromatic carbocycles. The first-order chi connectivity index (χ1) is 34.1. The summed E-state index contributed by atoms with van der Waals surface area (Å²) >= 11 is 0. The summed E-state index contributed by atoms with van der Waals surface area (Å²) in [6.45, 7) is 29.8. The number of benzene rings is 5. The lowest BCUT2D eigenvalue weighted by atomic mass is 9.69. The van der Waals surface area contributed by atoms with E-state index in [2.05, 4.69) is 178 Å². The molecule has 1 saturated heterocycles. The smallest absolute Gasteiger partial charge is 0.469 e. The van der Waals surface area contributed by atoms with Crippen molar-refractivity contribution in [2.24, 2.45) is 0 Å². The Labute approximate surface area is 435 Å². The molecule has 0 atom stereocenters. The van der Waals surface area contributed by atoms with E-state index >= 15 is 0 Å². The number of carbonyl (C=O) groups excluding carboxylic acids is 1. The van der Waals surface area contributed by atoms with E-state index in [1.807, 2.05) is 52.0 Å². The van der Waals surface area contributed by atoms with Gasteiger partial charge >= 0.3 is 13.1 Å². The van der Waals surface area contributed by atoms with Crippen LogP contribution < -0.4 is 5.46 Å². The van der Waals surface area contributed by atoms with Crippen LogP contribution in [0.15, 0.2) is 121 Å². The van der Waals surface area contributed by atoms with Gasteiger partial charge in [0.15, 0.2) is 0 Å². The first-order valence-corrected chi connectivity index (χ1v) is 26.9. The molecule has 2 N–H and O–H groups in total. The van der Waals surface area contributed by atoms with Gasteiger partial charge in [0, 0.05) is 10.8 Å². The zero-order chi connectivity index (χ0) is 53.1. The Bertz CT molecular complexity index is 2590. The maximum Gasteiger partial charge on any atom is 0.494 e. The van der Waals surface area contributed by atoms with Crippen LogP contribution in [-0.2, 0) is 36.1 Å². The van der Waals surface area contributed by atoms with Crippen molar-refractivity contribution in [1.82, 2.24) is 0 Å². The number of hydrogen-bond donors (Lipinski definition) is 2. The second-order valence-electron chi connectivity index (χ2n) is 21.3. The van der Waals surface area contributed by atoms with Crippen molar-refractivity contribution < 1.29 is 29.1 Å². The summed E-state index contributed by atoms with van der Waals surface area (Å²) in [5.41, 5.74) is 12.0. The molecule has 0 amide bonds. The summed E-state index contributed by atoms with van der Waals surface area (Å²) in [5, 5.41) is 21.3. The average Bonchev–Trinajstić information content (AvgIpc) is 3.62. The molecule has 0 spiro atoms. The second kappa shape index (κ2) is 24.3. The van der Waals surface area contributed by atoms with Crippen LogP contribution in [-0.4, -0.2) is 52.8 Å². The minimum absolute atomic E-state index is 0.0605. The lowest BCUT2D eigenvalue weighted by Crippen LogP contribution is -2.41. The van der Waals surface area contributed by atoms with Crippen molar-refractivity contribution in [3.8, 4) is 11.1 Å². The quantitative estimate of drug-likeness (QED) is 0.0597. The van der Waals surface area contributed by atoms with Crippen molar-refractivity contribution in [2.75, 3.05) is 7.11 Å². The highest BCUT2D eigenvalue weighted by Crippen LogP contribution is 2.42. The summed E-state index contributed by atoms with van der Waals surface area (Å²) in [4.78, 5) is 11.7. The number of hydrogen-bond acceptors (Lipinski definition) is 6. The highest BCUT2D eigenvalue weighted by molar-refractivity contribution is 6.62. The van der Waals surface area contributed by atoms with E-state index < -0.39 is 11.2 Å². The number of esters is 1. The van der Waals surface area contributed by atoms with E-state index in [-0.39, 0.29) is 41.5 Å². The van der Waals surface area contributed by atoms with Gasteiger partial charge in [0.1, 0.15) is 0 Å². The molecule has 0 radical (unpaired) electrons.